The Balaban J connectivity index is 0.00000117. The normalized spacial score (nSPS) is 17.7. The third-order valence-electron chi connectivity index (χ3n) is 6.02. The van der Waals surface area contributed by atoms with E-state index in [1.54, 1.807) is 6.92 Å². The molecule has 0 bridgehead atoms. The Labute approximate surface area is 228 Å². The van der Waals surface area contributed by atoms with Gasteiger partial charge < -0.3 is 26.4 Å². The van der Waals surface area contributed by atoms with Gasteiger partial charge in [-0.05, 0) is 20.8 Å². The summed E-state index contributed by atoms with van der Waals surface area (Å²) < 4.78 is 17.2. The van der Waals surface area contributed by atoms with Gasteiger partial charge in [0.2, 0.25) is 11.6 Å². The quantitative estimate of drug-likeness (QED) is 0.369. The van der Waals surface area contributed by atoms with Crippen LogP contribution in [-0.4, -0.2) is 46.7 Å². The average molecular weight is 495 g/mol. The van der Waals surface area contributed by atoms with Crippen molar-refractivity contribution in [1.82, 2.24) is 4.57 Å². The van der Waals surface area contributed by atoms with Crippen LogP contribution in [0, 0.1) is 6.07 Å². The van der Waals surface area contributed by atoms with Gasteiger partial charge in [-0.15, -0.1) is 10.7 Å². The number of hydrogen-bond donors (Lipinski definition) is 3. The molecule has 10 heteroatoms. The van der Waals surface area contributed by atoms with E-state index in [4.69, 9.17) is 14.7 Å². The topological polar surface area (TPSA) is 79.0 Å². The summed E-state index contributed by atoms with van der Waals surface area (Å²) in [4.78, 5) is 7.34. The summed E-state index contributed by atoms with van der Waals surface area (Å²) in [7, 11) is 0. The average Bonchev–Trinajstić information content (AvgIpc) is 3.43. The van der Waals surface area contributed by atoms with E-state index in [1.807, 2.05) is 12.1 Å². The Bertz CT molecular complexity index is 1070. The second-order valence-corrected chi connectivity index (χ2v) is 11.2. The minimum absolute atomic E-state index is 0. The molecule has 4 rings (SSSR count). The number of imidazole rings is 1. The van der Waals surface area contributed by atoms with Gasteiger partial charge in [0.15, 0.2) is 30.6 Å². The standard InChI is InChI=1S/C23H33BN4O2.C2H3N.ClH.Li/c1-21(2,3)27-13-14-28(17-27)24(18-11-9-8-10-12-18,19-25-22(4,5)15-29-19)20-26-23(6,7)16-30-20;1-2-3;;/h8-14,17H,15-16H2,1-7H3;1H3;1H;/q;;;+1/p+2. The summed E-state index contributed by atoms with van der Waals surface area (Å²) in [6, 6.07) is 12.5. The molecule has 0 fully saturated rings. The van der Waals surface area contributed by atoms with Crippen LogP contribution in [-0.2, 0) is 15.0 Å². The molecule has 35 heavy (non-hydrogen) atoms. The van der Waals surface area contributed by atoms with Crippen molar-refractivity contribution in [3.05, 3.63) is 49.1 Å². The van der Waals surface area contributed by atoms with Crippen LogP contribution >= 0.6 is 0 Å². The largest absolute Gasteiger partial charge is 1.00 e. The molecule has 0 saturated heterocycles. The molecule has 0 aliphatic carbocycles. The molecular formula is C25H39BClLiN5O2+3. The third kappa shape index (κ3) is 6.33. The van der Waals surface area contributed by atoms with Gasteiger partial charge in [0, 0.05) is 27.7 Å². The molecule has 3 N–H and O–H groups in total. The van der Waals surface area contributed by atoms with Crippen LogP contribution in [0.15, 0.2) is 49.1 Å². The molecule has 3 heterocycles. The zero-order valence-corrected chi connectivity index (χ0v) is 23.5. The number of ether oxygens (including phenoxy) is 2. The van der Waals surface area contributed by atoms with Crippen LogP contribution in [0.25, 0.3) is 0 Å². The first kappa shape index (κ1) is 30.8. The van der Waals surface area contributed by atoms with Crippen LogP contribution in [0.5, 0.6) is 0 Å². The van der Waals surface area contributed by atoms with E-state index < -0.39 is 6.28 Å². The van der Waals surface area contributed by atoms with Gasteiger partial charge in [-0.2, -0.15) is 0 Å². The Morgan fingerprint density at radius 1 is 1.00 bits per heavy atom. The summed E-state index contributed by atoms with van der Waals surface area (Å²) in [5.41, 5.74) is 0.790. The molecule has 1 aromatic carbocycles. The molecular weight excluding hydrogens is 456 g/mol. The number of aromatic nitrogens is 2. The van der Waals surface area contributed by atoms with Gasteiger partial charge in [0.05, 0.1) is 13.1 Å². The zero-order chi connectivity index (χ0) is 24.5. The van der Waals surface area contributed by atoms with Gasteiger partial charge >= 0.3 is 25.1 Å². The molecule has 184 valence electrons. The fourth-order valence-electron chi connectivity index (χ4n) is 4.37. The van der Waals surface area contributed by atoms with E-state index in [0.717, 1.165) is 17.1 Å². The number of hydrogen-bond acceptors (Lipinski definition) is 2. The molecule has 0 atom stereocenters. The van der Waals surface area contributed by atoms with Crippen molar-refractivity contribution in [2.45, 2.75) is 72.0 Å². The van der Waals surface area contributed by atoms with Gasteiger partial charge in [-0.25, -0.2) is 14.6 Å². The zero-order valence-electron chi connectivity index (χ0n) is 22.7. The van der Waals surface area contributed by atoms with E-state index in [-0.39, 0.29) is 47.9 Å². The Kier molecular flexibility index (Phi) is 9.91. The first-order chi connectivity index (χ1) is 15.4. The molecule has 0 radical (unpaired) electrons. The maximum Gasteiger partial charge on any atom is 1.00 e. The second-order valence-electron chi connectivity index (χ2n) is 11.2. The Morgan fingerprint density at radius 2 is 1.46 bits per heavy atom. The predicted molar refractivity (Wildman–Crippen MR) is 129 cm³/mol. The van der Waals surface area contributed by atoms with Crippen molar-refractivity contribution in [3.63, 3.8) is 0 Å². The third-order valence-corrected chi connectivity index (χ3v) is 6.02. The second kappa shape index (κ2) is 11.3. The van der Waals surface area contributed by atoms with Gasteiger partial charge in [-0.1, -0.05) is 30.3 Å². The summed E-state index contributed by atoms with van der Waals surface area (Å²) in [6.45, 7) is 18.0. The van der Waals surface area contributed by atoms with Crippen molar-refractivity contribution >= 4 is 23.3 Å². The predicted octanol–water partition coefficient (Wildman–Crippen LogP) is -8.33. The summed E-state index contributed by atoms with van der Waals surface area (Å²) in [6.07, 6.45) is 4.70. The van der Waals surface area contributed by atoms with E-state index in [2.05, 4.69) is 110 Å². The molecule has 0 amide bonds. The fourth-order valence-corrected chi connectivity index (χ4v) is 4.37. The van der Waals surface area contributed by atoms with Crippen molar-refractivity contribution in [3.8, 4) is 6.07 Å². The van der Waals surface area contributed by atoms with Crippen LogP contribution in [0.3, 0.4) is 0 Å². The van der Waals surface area contributed by atoms with E-state index >= 15 is 0 Å². The van der Waals surface area contributed by atoms with Gasteiger partial charge in [-0.3, -0.25) is 0 Å². The molecule has 0 saturated carbocycles. The summed E-state index contributed by atoms with van der Waals surface area (Å²) >= 11 is 0. The maximum absolute atomic E-state index is 6.38. The van der Waals surface area contributed by atoms with Crippen molar-refractivity contribution < 1.29 is 60.5 Å². The van der Waals surface area contributed by atoms with Crippen LogP contribution in [0.4, 0.5) is 0 Å². The van der Waals surface area contributed by atoms with Crippen molar-refractivity contribution in [2.24, 2.45) is 0 Å². The van der Waals surface area contributed by atoms with E-state index in [9.17, 15) is 0 Å². The number of nitrogens with one attached hydrogen (secondary N) is 3. The number of nitrogens with zero attached hydrogens (tertiary/aromatic N) is 2. The SMILES string of the molecule is CC#[NH+].CC1(C)COC([B-](C2=[NH+]C(C)(C)CO2)(c2ccccc2)[n+]2ccn(C(C)(C)C)c2)=[NH+]1.[Cl-].[Li+]. The van der Waals surface area contributed by atoms with Crippen molar-refractivity contribution in [2.75, 3.05) is 13.2 Å². The van der Waals surface area contributed by atoms with Crippen LogP contribution in [0.2, 0.25) is 0 Å². The first-order valence-electron chi connectivity index (χ1n) is 11.6. The minimum Gasteiger partial charge on any atom is -1.00 e. The molecule has 1 aromatic heterocycles. The van der Waals surface area contributed by atoms with Crippen LogP contribution < -0.4 is 56.5 Å². The Morgan fingerprint density at radius 3 is 1.80 bits per heavy atom. The number of benzene rings is 1. The number of halogens is 1. The maximum atomic E-state index is 6.38. The number of rotatable bonds is 4. The molecule has 7 nitrogen and oxygen atoms in total. The molecule has 2 aromatic rings. The van der Waals surface area contributed by atoms with E-state index in [0.29, 0.717) is 13.2 Å². The molecule has 2 aliphatic heterocycles. The first-order valence-corrected chi connectivity index (χ1v) is 11.6. The smallest absolute Gasteiger partial charge is 1.00 e. The van der Waals surface area contributed by atoms with Gasteiger partial charge in [0.25, 0.3) is 6.07 Å². The van der Waals surface area contributed by atoms with Crippen LogP contribution in [0.1, 0.15) is 55.4 Å². The molecule has 0 unspecified atom stereocenters. The van der Waals surface area contributed by atoms with E-state index in [1.165, 1.54) is 0 Å². The molecule has 0 spiro atoms. The Hall–Kier alpha value is -2.19. The van der Waals surface area contributed by atoms with Gasteiger partial charge in [0.1, 0.15) is 11.7 Å². The minimum atomic E-state index is -1.72. The summed E-state index contributed by atoms with van der Waals surface area (Å²) in [5, 5.41) is 5.96. The van der Waals surface area contributed by atoms with Crippen molar-refractivity contribution in [1.29, 1.82) is 0 Å². The molecule has 2 aliphatic rings. The summed E-state index contributed by atoms with van der Waals surface area (Å²) in [5.74, 6) is 1.67. The fraction of sp³-hybridized carbons (Fsp3) is 0.520. The monoisotopic (exact) mass is 494 g/mol.